The summed E-state index contributed by atoms with van der Waals surface area (Å²) in [7, 11) is 0. The number of nitrogens with one attached hydrogen (secondary N) is 1. The second kappa shape index (κ2) is 8.36. The van der Waals surface area contributed by atoms with Gasteiger partial charge in [0.05, 0.1) is 0 Å². The molecule has 5 nitrogen and oxygen atoms in total. The van der Waals surface area contributed by atoms with Crippen LogP contribution in [0.1, 0.15) is 19.4 Å². The van der Waals surface area contributed by atoms with Gasteiger partial charge in [0.15, 0.2) is 5.60 Å². The van der Waals surface area contributed by atoms with E-state index in [0.717, 1.165) is 11.3 Å². The first-order chi connectivity index (χ1) is 11.5. The van der Waals surface area contributed by atoms with Crippen LogP contribution < -0.4 is 14.8 Å². The van der Waals surface area contributed by atoms with Crippen molar-refractivity contribution in [2.75, 3.05) is 13.2 Å². The number of rotatable bonds is 9. The Morgan fingerprint density at radius 2 is 1.79 bits per heavy atom. The van der Waals surface area contributed by atoms with E-state index < -0.39 is 11.6 Å². The number of carboxylic acid groups (broad SMARTS) is 1. The molecule has 0 bridgehead atoms. The maximum Gasteiger partial charge on any atom is 0.347 e. The molecular formula is C19H23NO4. The van der Waals surface area contributed by atoms with Crippen molar-refractivity contribution in [3.8, 4) is 11.5 Å². The van der Waals surface area contributed by atoms with Crippen LogP contribution in [-0.4, -0.2) is 29.8 Å². The van der Waals surface area contributed by atoms with E-state index in [-0.39, 0.29) is 0 Å². The van der Waals surface area contributed by atoms with Gasteiger partial charge in [0.2, 0.25) is 0 Å². The van der Waals surface area contributed by atoms with Gasteiger partial charge < -0.3 is 19.9 Å². The normalized spacial score (nSPS) is 11.1. The van der Waals surface area contributed by atoms with Gasteiger partial charge in [-0.3, -0.25) is 0 Å². The van der Waals surface area contributed by atoms with Gasteiger partial charge in [-0.25, -0.2) is 4.79 Å². The average molecular weight is 329 g/mol. The number of carboxylic acids is 1. The van der Waals surface area contributed by atoms with Crippen molar-refractivity contribution in [3.05, 3.63) is 60.2 Å². The van der Waals surface area contributed by atoms with Crippen molar-refractivity contribution < 1.29 is 19.4 Å². The monoisotopic (exact) mass is 329 g/mol. The number of ether oxygens (including phenoxy) is 2. The first-order valence-corrected chi connectivity index (χ1v) is 7.87. The Labute approximate surface area is 142 Å². The molecule has 2 rings (SSSR count). The molecule has 2 N–H and O–H groups in total. The van der Waals surface area contributed by atoms with Crippen molar-refractivity contribution >= 4 is 5.97 Å². The molecule has 0 aliphatic heterocycles. The van der Waals surface area contributed by atoms with Gasteiger partial charge in [0.1, 0.15) is 18.1 Å². The van der Waals surface area contributed by atoms with Gasteiger partial charge in [-0.1, -0.05) is 30.3 Å². The number of carbonyl (C=O) groups is 1. The molecule has 0 spiro atoms. The van der Waals surface area contributed by atoms with Crippen LogP contribution in [0.4, 0.5) is 0 Å². The summed E-state index contributed by atoms with van der Waals surface area (Å²) >= 11 is 0. The summed E-state index contributed by atoms with van der Waals surface area (Å²) in [6.07, 6.45) is 0. The van der Waals surface area contributed by atoms with Crippen molar-refractivity contribution in [1.82, 2.24) is 5.32 Å². The highest BCUT2D eigenvalue weighted by molar-refractivity contribution is 5.76. The van der Waals surface area contributed by atoms with Crippen molar-refractivity contribution in [2.24, 2.45) is 0 Å². The van der Waals surface area contributed by atoms with Gasteiger partial charge in [-0.05, 0) is 43.7 Å². The smallest absolute Gasteiger partial charge is 0.347 e. The predicted octanol–water partition coefficient (Wildman–Crippen LogP) is 3.10. The molecule has 0 aliphatic carbocycles. The van der Waals surface area contributed by atoms with E-state index in [1.54, 1.807) is 6.07 Å². The second-order valence-corrected chi connectivity index (χ2v) is 5.90. The first kappa shape index (κ1) is 17.8. The quantitative estimate of drug-likeness (QED) is 0.692. The highest BCUT2D eigenvalue weighted by atomic mass is 16.5. The fourth-order valence-corrected chi connectivity index (χ4v) is 2.05. The third-order valence-corrected chi connectivity index (χ3v) is 3.41. The minimum atomic E-state index is -1.25. The Morgan fingerprint density at radius 1 is 1.08 bits per heavy atom. The molecule has 0 radical (unpaired) electrons. The lowest BCUT2D eigenvalue weighted by molar-refractivity contribution is -0.152. The predicted molar refractivity (Wildman–Crippen MR) is 92.4 cm³/mol. The first-order valence-electron chi connectivity index (χ1n) is 7.87. The highest BCUT2D eigenvalue weighted by Crippen LogP contribution is 2.20. The summed E-state index contributed by atoms with van der Waals surface area (Å²) in [5, 5.41) is 12.4. The van der Waals surface area contributed by atoms with Gasteiger partial charge in [-0.15, -0.1) is 0 Å². The molecule has 2 aromatic rings. The number of hydrogen-bond donors (Lipinski definition) is 2. The van der Waals surface area contributed by atoms with E-state index in [0.29, 0.717) is 25.4 Å². The highest BCUT2D eigenvalue weighted by Gasteiger charge is 2.29. The molecule has 0 unspecified atom stereocenters. The molecule has 128 valence electrons. The van der Waals surface area contributed by atoms with E-state index in [1.807, 2.05) is 48.5 Å². The Balaban J connectivity index is 1.77. The minimum absolute atomic E-state index is 0.544. The van der Waals surface area contributed by atoms with Crippen LogP contribution in [0, 0.1) is 0 Å². The molecule has 0 atom stereocenters. The van der Waals surface area contributed by atoms with E-state index in [9.17, 15) is 4.79 Å². The maximum atomic E-state index is 11.1. The molecule has 0 amide bonds. The average Bonchev–Trinajstić information content (AvgIpc) is 2.55. The number of benzene rings is 2. The summed E-state index contributed by atoms with van der Waals surface area (Å²) in [6, 6.07) is 17.1. The van der Waals surface area contributed by atoms with Crippen molar-refractivity contribution in [3.63, 3.8) is 0 Å². The Morgan fingerprint density at radius 3 is 2.50 bits per heavy atom. The maximum absolute atomic E-state index is 11.1. The second-order valence-electron chi connectivity index (χ2n) is 5.90. The van der Waals surface area contributed by atoms with Gasteiger partial charge in [0, 0.05) is 13.1 Å². The van der Waals surface area contributed by atoms with Gasteiger partial charge >= 0.3 is 5.97 Å². The van der Waals surface area contributed by atoms with Gasteiger partial charge in [0.25, 0.3) is 0 Å². The van der Waals surface area contributed by atoms with Crippen LogP contribution >= 0.6 is 0 Å². The molecule has 0 saturated carbocycles. The Kier molecular flexibility index (Phi) is 6.21. The molecule has 24 heavy (non-hydrogen) atoms. The molecule has 5 heteroatoms. The van der Waals surface area contributed by atoms with E-state index in [2.05, 4.69) is 5.32 Å². The van der Waals surface area contributed by atoms with E-state index in [4.69, 9.17) is 14.6 Å². The topological polar surface area (TPSA) is 67.8 Å². The molecule has 0 aliphatic rings. The Hall–Kier alpha value is -2.53. The standard InChI is InChI=1S/C19H23NO4/c1-19(2,18(21)22)24-17-10-6-7-15(13-17)14-20-11-12-23-16-8-4-3-5-9-16/h3-10,13,20H,11-12,14H2,1-2H3,(H,21,22). The van der Waals surface area contributed by atoms with Crippen LogP contribution in [-0.2, 0) is 11.3 Å². The molecule has 0 fully saturated rings. The lowest BCUT2D eigenvalue weighted by Gasteiger charge is -2.21. The number of aliphatic carboxylic acids is 1. The fourth-order valence-electron chi connectivity index (χ4n) is 2.05. The van der Waals surface area contributed by atoms with E-state index in [1.165, 1.54) is 13.8 Å². The summed E-state index contributed by atoms with van der Waals surface area (Å²) < 4.78 is 11.1. The third-order valence-electron chi connectivity index (χ3n) is 3.41. The lowest BCUT2D eigenvalue weighted by atomic mass is 10.1. The summed E-state index contributed by atoms with van der Waals surface area (Å²) in [5.41, 5.74) is -0.233. The van der Waals surface area contributed by atoms with E-state index >= 15 is 0 Å². The molecule has 0 saturated heterocycles. The molecule has 0 aromatic heterocycles. The molecule has 0 heterocycles. The lowest BCUT2D eigenvalue weighted by Crippen LogP contribution is -2.37. The summed E-state index contributed by atoms with van der Waals surface area (Å²) in [4.78, 5) is 11.1. The van der Waals surface area contributed by atoms with Crippen molar-refractivity contribution in [1.29, 1.82) is 0 Å². The summed E-state index contributed by atoms with van der Waals surface area (Å²) in [6.45, 7) is 5.00. The zero-order valence-corrected chi connectivity index (χ0v) is 14.0. The Bertz CT molecular complexity index is 655. The van der Waals surface area contributed by atoms with Crippen LogP contribution in [0.2, 0.25) is 0 Å². The zero-order chi connectivity index (χ0) is 17.4. The van der Waals surface area contributed by atoms with Crippen LogP contribution in [0.3, 0.4) is 0 Å². The summed E-state index contributed by atoms with van der Waals surface area (Å²) in [5.74, 6) is 0.400. The SMILES string of the molecule is CC(C)(Oc1cccc(CNCCOc2ccccc2)c1)C(=O)O. The minimum Gasteiger partial charge on any atom is -0.492 e. The van der Waals surface area contributed by atoms with Crippen LogP contribution in [0.5, 0.6) is 11.5 Å². The number of hydrogen-bond acceptors (Lipinski definition) is 4. The molecular weight excluding hydrogens is 306 g/mol. The number of para-hydroxylation sites is 1. The zero-order valence-electron chi connectivity index (χ0n) is 14.0. The van der Waals surface area contributed by atoms with Crippen LogP contribution in [0.25, 0.3) is 0 Å². The third kappa shape index (κ3) is 5.59. The molecule has 2 aromatic carbocycles. The van der Waals surface area contributed by atoms with Crippen molar-refractivity contribution in [2.45, 2.75) is 26.0 Å². The van der Waals surface area contributed by atoms with Gasteiger partial charge in [-0.2, -0.15) is 0 Å². The van der Waals surface area contributed by atoms with Crippen LogP contribution in [0.15, 0.2) is 54.6 Å². The fraction of sp³-hybridized carbons (Fsp3) is 0.316. The largest absolute Gasteiger partial charge is 0.492 e.